The Morgan fingerprint density at radius 1 is 1.40 bits per heavy atom. The van der Waals surface area contributed by atoms with Gasteiger partial charge in [0.1, 0.15) is 0 Å². The fourth-order valence-corrected chi connectivity index (χ4v) is 0.919. The molecule has 0 amide bonds. The Bertz CT molecular complexity index is 103. The molecule has 0 radical (unpaired) electrons. The molecular weight excluding hydrogens is 284 g/mol. The molecular formula is C6H12Br2MgSi. The van der Waals surface area contributed by atoms with Crippen LogP contribution in [0.5, 0.6) is 0 Å². The Hall–Kier alpha value is 1.50. The Labute approximate surface area is 87.0 Å². The molecule has 0 aliphatic rings. The SMILES string of the molecule is C#CC[Si](C)(C)C.[Br][Mg][Br]. The molecule has 0 atom stereocenters. The van der Waals surface area contributed by atoms with E-state index in [1.165, 1.54) is 0 Å². The summed E-state index contributed by atoms with van der Waals surface area (Å²) >= 11 is 6.44. The van der Waals surface area contributed by atoms with Crippen LogP contribution < -0.4 is 0 Å². The molecule has 0 aromatic rings. The lowest BCUT2D eigenvalue weighted by atomic mass is 10.8. The highest BCUT2D eigenvalue weighted by Crippen LogP contribution is 2.04. The van der Waals surface area contributed by atoms with E-state index in [0.717, 1.165) is 6.04 Å². The third kappa shape index (κ3) is 22.7. The van der Waals surface area contributed by atoms with Crippen LogP contribution in [0.1, 0.15) is 0 Å². The second kappa shape index (κ2) is 8.60. The van der Waals surface area contributed by atoms with Crippen LogP contribution in [0, 0.1) is 12.3 Å². The van der Waals surface area contributed by atoms with E-state index in [4.69, 9.17) is 6.42 Å². The first-order valence-electron chi connectivity index (χ1n) is 3.03. The van der Waals surface area contributed by atoms with Gasteiger partial charge in [0.15, 0.2) is 0 Å². The van der Waals surface area contributed by atoms with E-state index < -0.39 is 8.07 Å². The lowest BCUT2D eigenvalue weighted by Crippen LogP contribution is -2.17. The first kappa shape index (κ1) is 14.1. The predicted octanol–water partition coefficient (Wildman–Crippen LogP) is 3.27. The first-order valence-corrected chi connectivity index (χ1v) is 14.5. The van der Waals surface area contributed by atoms with Gasteiger partial charge in [-0.2, -0.15) is 0 Å². The molecule has 0 aliphatic heterocycles. The maximum absolute atomic E-state index is 5.10. The molecule has 0 aromatic heterocycles. The Morgan fingerprint density at radius 3 is 1.70 bits per heavy atom. The topological polar surface area (TPSA) is 0 Å². The van der Waals surface area contributed by atoms with Gasteiger partial charge >= 0.3 is 16.0 Å². The van der Waals surface area contributed by atoms with Crippen LogP contribution in [0.3, 0.4) is 0 Å². The summed E-state index contributed by atoms with van der Waals surface area (Å²) in [6.45, 7) is 6.81. The molecule has 0 fully saturated rings. The Kier molecular flexibility index (Phi) is 12.1. The molecule has 0 heterocycles. The first-order chi connectivity index (χ1) is 4.47. The molecule has 0 saturated carbocycles. The summed E-state index contributed by atoms with van der Waals surface area (Å²) < 4.78 is 0. The number of halogens is 2. The molecule has 4 heteroatoms. The summed E-state index contributed by atoms with van der Waals surface area (Å²) in [5, 5.41) is 0. The molecule has 0 aliphatic carbocycles. The highest BCUT2D eigenvalue weighted by atomic mass is 79.9. The van der Waals surface area contributed by atoms with Gasteiger partial charge in [0, 0.05) is 6.04 Å². The summed E-state index contributed by atoms with van der Waals surface area (Å²) in [4.78, 5) is 0. The minimum atomic E-state index is -0.893. The largest absolute Gasteiger partial charge is 0.560 e. The number of hydrogen-bond acceptors (Lipinski definition) is 0. The van der Waals surface area contributed by atoms with E-state index in [-0.39, 0.29) is 16.0 Å². The number of terminal acetylenes is 1. The third-order valence-electron chi connectivity index (χ3n) is 0.632. The zero-order valence-electron chi connectivity index (χ0n) is 6.75. The minimum Gasteiger partial charge on any atom is -0.280 e. The molecule has 0 aromatic carbocycles. The van der Waals surface area contributed by atoms with E-state index in [0.29, 0.717) is 0 Å². The molecule has 0 unspecified atom stereocenters. The van der Waals surface area contributed by atoms with Crippen LogP contribution in [0.4, 0.5) is 0 Å². The van der Waals surface area contributed by atoms with Crippen molar-refractivity contribution in [1.82, 2.24) is 0 Å². The lowest BCUT2D eigenvalue weighted by Gasteiger charge is -2.08. The van der Waals surface area contributed by atoms with Crippen molar-refractivity contribution in [1.29, 1.82) is 0 Å². The van der Waals surface area contributed by atoms with Crippen LogP contribution >= 0.6 is 25.8 Å². The van der Waals surface area contributed by atoms with Crippen LogP contribution in [0.2, 0.25) is 25.7 Å². The van der Waals surface area contributed by atoms with Gasteiger partial charge < -0.3 is 0 Å². The van der Waals surface area contributed by atoms with Crippen molar-refractivity contribution in [3.8, 4) is 12.3 Å². The zero-order valence-corrected chi connectivity index (χ0v) is 12.3. The van der Waals surface area contributed by atoms with Gasteiger partial charge in [0.25, 0.3) is 0 Å². The molecule has 0 saturated heterocycles. The highest BCUT2D eigenvalue weighted by Gasteiger charge is 2.08. The zero-order chi connectivity index (χ0) is 8.62. The Morgan fingerprint density at radius 2 is 1.70 bits per heavy atom. The summed E-state index contributed by atoms with van der Waals surface area (Å²) in [6.07, 6.45) is 5.10. The van der Waals surface area contributed by atoms with E-state index >= 15 is 0 Å². The van der Waals surface area contributed by atoms with Crippen molar-refractivity contribution >= 4 is 49.9 Å². The van der Waals surface area contributed by atoms with E-state index in [1.807, 2.05) is 0 Å². The average molecular weight is 296 g/mol. The molecule has 56 valence electrons. The molecule has 0 spiro atoms. The summed E-state index contributed by atoms with van der Waals surface area (Å²) in [5.41, 5.74) is 0. The van der Waals surface area contributed by atoms with Gasteiger partial charge in [-0.1, -0.05) is 19.6 Å². The van der Waals surface area contributed by atoms with Crippen molar-refractivity contribution in [2.24, 2.45) is 0 Å². The summed E-state index contributed by atoms with van der Waals surface area (Å²) in [6, 6.07) is 1.01. The quantitative estimate of drug-likeness (QED) is 0.514. The monoisotopic (exact) mass is 294 g/mol. The number of rotatable bonds is 1. The maximum Gasteiger partial charge on any atom is 0.560 e. The van der Waals surface area contributed by atoms with E-state index in [2.05, 4.69) is 51.3 Å². The standard InChI is InChI=1S/C6H12Si.2BrH.Mg/c1-5-6-7(2,3)4;;;/h1H,6H2,2-4H3;2*1H;/q;;;+2/p-2. The van der Waals surface area contributed by atoms with Crippen LogP contribution in [-0.2, 0) is 0 Å². The molecule has 0 bridgehead atoms. The number of hydrogen-bond donors (Lipinski definition) is 0. The van der Waals surface area contributed by atoms with E-state index in [1.54, 1.807) is 0 Å². The fraction of sp³-hybridized carbons (Fsp3) is 0.667. The fourth-order valence-electron chi connectivity index (χ4n) is 0.306. The molecule has 10 heavy (non-hydrogen) atoms. The van der Waals surface area contributed by atoms with E-state index in [9.17, 15) is 0 Å². The van der Waals surface area contributed by atoms with Gasteiger partial charge in [-0.3, -0.25) is 25.8 Å². The lowest BCUT2D eigenvalue weighted by molar-refractivity contribution is 1.57. The van der Waals surface area contributed by atoms with Gasteiger partial charge in [0.2, 0.25) is 0 Å². The van der Waals surface area contributed by atoms with Crippen LogP contribution in [-0.4, -0.2) is 24.1 Å². The van der Waals surface area contributed by atoms with Crippen molar-refractivity contribution in [3.05, 3.63) is 0 Å². The van der Waals surface area contributed by atoms with Gasteiger partial charge in [-0.25, -0.2) is 0 Å². The molecule has 0 nitrogen and oxygen atoms in total. The third-order valence-corrected chi connectivity index (χ3v) is 1.90. The minimum absolute atomic E-state index is 0.0417. The second-order valence-electron chi connectivity index (χ2n) is 3.04. The van der Waals surface area contributed by atoms with Gasteiger partial charge in [-0.05, 0) is 0 Å². The summed E-state index contributed by atoms with van der Waals surface area (Å²) in [7, 11) is -0.893. The smallest absolute Gasteiger partial charge is 0.280 e. The van der Waals surface area contributed by atoms with Crippen LogP contribution in [0.15, 0.2) is 0 Å². The van der Waals surface area contributed by atoms with Gasteiger partial charge in [0.05, 0.1) is 8.07 Å². The summed E-state index contributed by atoms with van der Waals surface area (Å²) in [5.74, 6) is 2.67. The van der Waals surface area contributed by atoms with Crippen molar-refractivity contribution in [2.75, 3.05) is 0 Å². The normalized spacial score (nSPS) is 8.40. The Balaban J connectivity index is 0. The molecule has 0 rings (SSSR count). The highest BCUT2D eigenvalue weighted by molar-refractivity contribution is 9.47. The second-order valence-corrected chi connectivity index (χ2v) is 16.6. The van der Waals surface area contributed by atoms with Gasteiger partial charge in [-0.15, -0.1) is 12.3 Å². The maximum atomic E-state index is 5.10. The van der Waals surface area contributed by atoms with Crippen molar-refractivity contribution in [3.63, 3.8) is 0 Å². The average Bonchev–Trinajstić information content (AvgIpc) is 1.63. The van der Waals surface area contributed by atoms with Crippen molar-refractivity contribution < 1.29 is 0 Å². The molecule has 0 N–H and O–H groups in total. The predicted molar refractivity (Wildman–Crippen MR) is 60.6 cm³/mol. The van der Waals surface area contributed by atoms with Crippen molar-refractivity contribution in [2.45, 2.75) is 25.7 Å². The van der Waals surface area contributed by atoms with Crippen LogP contribution in [0.25, 0.3) is 0 Å².